The average Bonchev–Trinajstić information content (AvgIpc) is 2.89. The lowest BCUT2D eigenvalue weighted by molar-refractivity contribution is 0.0698. The first-order chi connectivity index (χ1) is 9.49. The Morgan fingerprint density at radius 1 is 1.30 bits per heavy atom. The van der Waals surface area contributed by atoms with Crippen molar-refractivity contribution in [1.29, 1.82) is 0 Å². The molecule has 0 aliphatic heterocycles. The van der Waals surface area contributed by atoms with Gasteiger partial charge in [-0.2, -0.15) is 0 Å². The van der Waals surface area contributed by atoms with Crippen molar-refractivity contribution in [2.45, 2.75) is 19.8 Å². The van der Waals surface area contributed by atoms with Crippen LogP contribution < -0.4 is 5.32 Å². The van der Waals surface area contributed by atoms with E-state index in [0.717, 1.165) is 0 Å². The largest absolute Gasteiger partial charge is 0.478 e. The number of amides is 1. The number of aromatic nitrogens is 3. The summed E-state index contributed by atoms with van der Waals surface area (Å²) >= 11 is 0. The minimum absolute atomic E-state index is 0.0143. The van der Waals surface area contributed by atoms with Crippen molar-refractivity contribution in [2.75, 3.05) is 5.32 Å². The second kappa shape index (κ2) is 5.52. The number of hydrogen-bond acceptors (Lipinski definition) is 4. The number of H-pyrrole nitrogens is 1. The molecule has 0 fully saturated rings. The van der Waals surface area contributed by atoms with Crippen molar-refractivity contribution in [3.63, 3.8) is 0 Å². The molecule has 0 unspecified atom stereocenters. The van der Waals surface area contributed by atoms with Gasteiger partial charge in [0.1, 0.15) is 5.82 Å². The second-order valence-corrected chi connectivity index (χ2v) is 4.50. The monoisotopic (exact) mass is 274 g/mol. The molecule has 1 aromatic heterocycles. The highest BCUT2D eigenvalue weighted by Gasteiger charge is 2.17. The molecule has 104 valence electrons. The molecular formula is C13H14N4O3. The number of hydrogen-bond donors (Lipinski definition) is 3. The summed E-state index contributed by atoms with van der Waals surface area (Å²) < 4.78 is 0. The number of para-hydroxylation sites is 1. The normalized spacial score (nSPS) is 10.6. The van der Waals surface area contributed by atoms with E-state index in [9.17, 15) is 9.59 Å². The maximum absolute atomic E-state index is 12.0. The van der Waals surface area contributed by atoms with Crippen LogP contribution in [0.1, 0.15) is 46.6 Å². The van der Waals surface area contributed by atoms with Gasteiger partial charge in [0.2, 0.25) is 5.82 Å². The summed E-state index contributed by atoms with van der Waals surface area (Å²) in [5.74, 6) is -0.966. The number of anilines is 1. The van der Waals surface area contributed by atoms with Gasteiger partial charge in [-0.05, 0) is 12.1 Å². The third-order valence-corrected chi connectivity index (χ3v) is 2.66. The second-order valence-electron chi connectivity index (χ2n) is 4.50. The number of aromatic amines is 1. The first kappa shape index (κ1) is 13.7. The van der Waals surface area contributed by atoms with E-state index >= 15 is 0 Å². The van der Waals surface area contributed by atoms with Crippen LogP contribution in [0.25, 0.3) is 0 Å². The van der Waals surface area contributed by atoms with Crippen LogP contribution in [0, 0.1) is 0 Å². The van der Waals surface area contributed by atoms with E-state index in [2.05, 4.69) is 20.5 Å². The smallest absolute Gasteiger partial charge is 0.337 e. The molecule has 0 saturated heterocycles. The Morgan fingerprint density at radius 3 is 2.60 bits per heavy atom. The third-order valence-electron chi connectivity index (χ3n) is 2.66. The summed E-state index contributed by atoms with van der Waals surface area (Å²) in [7, 11) is 0. The average molecular weight is 274 g/mol. The van der Waals surface area contributed by atoms with E-state index in [-0.39, 0.29) is 23.0 Å². The minimum atomic E-state index is -1.11. The molecule has 0 saturated carbocycles. The zero-order valence-corrected chi connectivity index (χ0v) is 11.0. The van der Waals surface area contributed by atoms with Gasteiger partial charge < -0.3 is 10.4 Å². The molecule has 0 bridgehead atoms. The minimum Gasteiger partial charge on any atom is -0.478 e. The summed E-state index contributed by atoms with van der Waals surface area (Å²) in [5.41, 5.74) is 0.223. The van der Waals surface area contributed by atoms with Gasteiger partial charge in [-0.25, -0.2) is 9.78 Å². The van der Waals surface area contributed by atoms with Gasteiger partial charge in [-0.15, -0.1) is 5.10 Å². The lowest BCUT2D eigenvalue weighted by Crippen LogP contribution is -2.16. The summed E-state index contributed by atoms with van der Waals surface area (Å²) in [5, 5.41) is 18.0. The van der Waals surface area contributed by atoms with Crippen LogP contribution in [0.5, 0.6) is 0 Å². The molecule has 0 aliphatic carbocycles. The first-order valence-corrected chi connectivity index (χ1v) is 6.05. The number of carbonyl (C=O) groups is 2. The van der Waals surface area contributed by atoms with Crippen molar-refractivity contribution in [3.8, 4) is 0 Å². The summed E-state index contributed by atoms with van der Waals surface area (Å²) in [4.78, 5) is 27.1. The Morgan fingerprint density at radius 2 is 2.00 bits per heavy atom. The lowest BCUT2D eigenvalue weighted by atomic mass is 10.2. The molecule has 0 atom stereocenters. The van der Waals surface area contributed by atoms with E-state index < -0.39 is 11.9 Å². The number of carboxylic acid groups (broad SMARTS) is 1. The highest BCUT2D eigenvalue weighted by atomic mass is 16.4. The predicted molar refractivity (Wildman–Crippen MR) is 71.8 cm³/mol. The maximum Gasteiger partial charge on any atom is 0.337 e. The van der Waals surface area contributed by atoms with Crippen LogP contribution in [0.3, 0.4) is 0 Å². The van der Waals surface area contributed by atoms with E-state index in [1.807, 2.05) is 13.8 Å². The van der Waals surface area contributed by atoms with E-state index in [0.29, 0.717) is 5.82 Å². The molecule has 0 spiro atoms. The maximum atomic E-state index is 12.0. The van der Waals surface area contributed by atoms with Crippen molar-refractivity contribution in [1.82, 2.24) is 15.2 Å². The number of carbonyl (C=O) groups excluding carboxylic acids is 1. The number of nitrogens with zero attached hydrogens (tertiary/aromatic N) is 2. The number of aromatic carboxylic acids is 1. The zero-order chi connectivity index (χ0) is 14.7. The first-order valence-electron chi connectivity index (χ1n) is 6.05. The number of rotatable bonds is 4. The molecule has 1 aromatic carbocycles. The van der Waals surface area contributed by atoms with Crippen molar-refractivity contribution >= 4 is 17.6 Å². The molecule has 1 amide bonds. The highest BCUT2D eigenvalue weighted by molar-refractivity contribution is 6.05. The summed E-state index contributed by atoms with van der Waals surface area (Å²) in [6.45, 7) is 3.84. The molecule has 2 aromatic rings. The van der Waals surface area contributed by atoms with Crippen molar-refractivity contribution < 1.29 is 14.7 Å². The van der Waals surface area contributed by atoms with Gasteiger partial charge in [-0.3, -0.25) is 9.89 Å². The third kappa shape index (κ3) is 2.82. The van der Waals surface area contributed by atoms with Crippen LogP contribution in [-0.4, -0.2) is 32.2 Å². The van der Waals surface area contributed by atoms with Crippen LogP contribution in [0.2, 0.25) is 0 Å². The van der Waals surface area contributed by atoms with Gasteiger partial charge in [0.15, 0.2) is 0 Å². The van der Waals surface area contributed by atoms with E-state index in [1.165, 1.54) is 12.1 Å². The van der Waals surface area contributed by atoms with Gasteiger partial charge >= 0.3 is 5.97 Å². The zero-order valence-electron chi connectivity index (χ0n) is 11.0. The SMILES string of the molecule is CC(C)c1nc(C(=O)Nc2ccccc2C(=O)O)n[nH]1. The van der Waals surface area contributed by atoms with Crippen LogP contribution in [0.4, 0.5) is 5.69 Å². The van der Waals surface area contributed by atoms with Crippen LogP contribution in [0.15, 0.2) is 24.3 Å². The molecule has 2 rings (SSSR count). The van der Waals surface area contributed by atoms with E-state index in [1.54, 1.807) is 12.1 Å². The van der Waals surface area contributed by atoms with Crippen molar-refractivity contribution in [2.24, 2.45) is 0 Å². The molecule has 20 heavy (non-hydrogen) atoms. The predicted octanol–water partition coefficient (Wildman–Crippen LogP) is 1.88. The molecule has 7 heteroatoms. The molecule has 7 nitrogen and oxygen atoms in total. The molecule has 0 radical (unpaired) electrons. The van der Waals surface area contributed by atoms with E-state index in [4.69, 9.17) is 5.11 Å². The summed E-state index contributed by atoms with van der Waals surface area (Å²) in [6.07, 6.45) is 0. The van der Waals surface area contributed by atoms with Gasteiger partial charge in [0.05, 0.1) is 11.3 Å². The molecule has 0 aliphatic rings. The topological polar surface area (TPSA) is 108 Å². The van der Waals surface area contributed by atoms with Crippen LogP contribution >= 0.6 is 0 Å². The Hall–Kier alpha value is -2.70. The fourth-order valence-electron chi connectivity index (χ4n) is 1.59. The molecular weight excluding hydrogens is 260 g/mol. The molecule has 3 N–H and O–H groups in total. The summed E-state index contributed by atoms with van der Waals surface area (Å²) in [6, 6.07) is 6.15. The Labute approximate surface area is 115 Å². The van der Waals surface area contributed by atoms with Gasteiger partial charge in [0.25, 0.3) is 5.91 Å². The fourth-order valence-corrected chi connectivity index (χ4v) is 1.59. The Bertz CT molecular complexity index is 649. The molecule has 1 heterocycles. The lowest BCUT2D eigenvalue weighted by Gasteiger charge is -2.05. The quantitative estimate of drug-likeness (QED) is 0.788. The van der Waals surface area contributed by atoms with Crippen molar-refractivity contribution in [3.05, 3.63) is 41.5 Å². The van der Waals surface area contributed by atoms with Gasteiger partial charge in [0, 0.05) is 5.92 Å². The Balaban J connectivity index is 2.21. The number of benzene rings is 1. The van der Waals surface area contributed by atoms with Gasteiger partial charge in [-0.1, -0.05) is 26.0 Å². The highest BCUT2D eigenvalue weighted by Crippen LogP contribution is 2.16. The Kier molecular flexibility index (Phi) is 3.79. The van der Waals surface area contributed by atoms with Crippen LogP contribution in [-0.2, 0) is 0 Å². The number of carboxylic acids is 1. The number of nitrogens with one attached hydrogen (secondary N) is 2. The standard InChI is InChI=1S/C13H14N4O3/c1-7(2)10-15-11(17-16-10)12(18)14-9-6-4-3-5-8(9)13(19)20/h3-7H,1-2H3,(H,14,18)(H,19,20)(H,15,16,17). The fraction of sp³-hybridized carbons (Fsp3) is 0.231.